The molecule has 4 nitrogen and oxygen atoms in total. The molecule has 0 fully saturated rings. The average Bonchev–Trinajstić information content (AvgIpc) is 2.26. The predicted molar refractivity (Wildman–Crippen MR) is 73.3 cm³/mol. The summed E-state index contributed by atoms with van der Waals surface area (Å²) in [5, 5.41) is 9.42. The minimum absolute atomic E-state index is 0.0373. The maximum absolute atomic E-state index is 11.1. The van der Waals surface area contributed by atoms with E-state index in [-0.39, 0.29) is 19.1 Å². The highest BCUT2D eigenvalue weighted by Gasteiger charge is 2.14. The van der Waals surface area contributed by atoms with E-state index in [0.29, 0.717) is 5.92 Å². The number of aliphatic hydroxyl groups is 1. The van der Waals surface area contributed by atoms with E-state index in [1.807, 2.05) is 30.0 Å². The first-order valence-electron chi connectivity index (χ1n) is 6.17. The summed E-state index contributed by atoms with van der Waals surface area (Å²) in [5.74, 6) is 0.0531. The van der Waals surface area contributed by atoms with Gasteiger partial charge in [-0.2, -0.15) is 0 Å². The second-order valence-corrected chi connectivity index (χ2v) is 5.03. The molecule has 0 unspecified atom stereocenters. The molecule has 0 aromatic heterocycles. The number of aryl methyl sites for hydroxylation is 1. The van der Waals surface area contributed by atoms with E-state index in [2.05, 4.69) is 13.8 Å². The van der Waals surface area contributed by atoms with Gasteiger partial charge >= 0.3 is 0 Å². The molecule has 0 spiro atoms. The van der Waals surface area contributed by atoms with Crippen LogP contribution in [-0.2, 0) is 11.4 Å². The molecule has 0 aliphatic rings. The second-order valence-electron chi connectivity index (χ2n) is 5.03. The van der Waals surface area contributed by atoms with Gasteiger partial charge in [-0.05, 0) is 18.9 Å². The number of nitrogens with two attached hydrogens (primary N) is 1. The minimum Gasteiger partial charge on any atom is -0.392 e. The topological polar surface area (TPSA) is 66.6 Å². The Morgan fingerprint density at radius 2 is 2.11 bits per heavy atom. The molecule has 0 radical (unpaired) electrons. The van der Waals surface area contributed by atoms with E-state index in [1.54, 1.807) is 0 Å². The number of carbonyl (C=O) groups excluding carboxylic acids is 1. The summed E-state index contributed by atoms with van der Waals surface area (Å²) < 4.78 is 0. The molecule has 0 saturated heterocycles. The molecule has 1 aromatic carbocycles. The van der Waals surface area contributed by atoms with Crippen molar-refractivity contribution in [3.05, 3.63) is 29.3 Å². The van der Waals surface area contributed by atoms with E-state index in [9.17, 15) is 9.90 Å². The lowest BCUT2D eigenvalue weighted by molar-refractivity contribution is -0.116. The van der Waals surface area contributed by atoms with Gasteiger partial charge in [-0.1, -0.05) is 31.5 Å². The van der Waals surface area contributed by atoms with Crippen LogP contribution in [0.2, 0.25) is 0 Å². The number of rotatable bonds is 6. The first-order valence-corrected chi connectivity index (χ1v) is 6.17. The molecule has 100 valence electrons. The Balaban J connectivity index is 3.06. The maximum atomic E-state index is 11.1. The van der Waals surface area contributed by atoms with Gasteiger partial charge in [0.25, 0.3) is 0 Å². The molecule has 0 bridgehead atoms. The molecular formula is C14H22N2O2. The lowest BCUT2D eigenvalue weighted by atomic mass is 10.1. The van der Waals surface area contributed by atoms with Crippen LogP contribution in [0.5, 0.6) is 0 Å². The molecule has 0 atom stereocenters. The van der Waals surface area contributed by atoms with E-state index in [0.717, 1.165) is 23.4 Å². The van der Waals surface area contributed by atoms with E-state index in [1.165, 1.54) is 0 Å². The fourth-order valence-corrected chi connectivity index (χ4v) is 2.03. The van der Waals surface area contributed by atoms with Gasteiger partial charge in [0.05, 0.1) is 13.2 Å². The smallest absolute Gasteiger partial charge is 0.236 e. The van der Waals surface area contributed by atoms with Gasteiger partial charge in [0.1, 0.15) is 0 Å². The number of primary amides is 1. The highest BCUT2D eigenvalue weighted by atomic mass is 16.3. The molecule has 0 aliphatic heterocycles. The number of hydrogen-bond acceptors (Lipinski definition) is 3. The number of benzene rings is 1. The van der Waals surface area contributed by atoms with Crippen LogP contribution in [-0.4, -0.2) is 24.1 Å². The van der Waals surface area contributed by atoms with Crippen LogP contribution in [0.4, 0.5) is 5.69 Å². The van der Waals surface area contributed by atoms with E-state index >= 15 is 0 Å². The van der Waals surface area contributed by atoms with Gasteiger partial charge in [-0.15, -0.1) is 0 Å². The first-order chi connectivity index (χ1) is 8.43. The monoisotopic (exact) mass is 250 g/mol. The Labute approximate surface area is 108 Å². The van der Waals surface area contributed by atoms with E-state index < -0.39 is 0 Å². The van der Waals surface area contributed by atoms with Gasteiger partial charge in [0.2, 0.25) is 5.91 Å². The zero-order valence-corrected chi connectivity index (χ0v) is 11.3. The Bertz CT molecular complexity index is 416. The fraction of sp³-hybridized carbons (Fsp3) is 0.500. The van der Waals surface area contributed by atoms with Crippen LogP contribution in [0.25, 0.3) is 0 Å². The van der Waals surface area contributed by atoms with E-state index in [4.69, 9.17) is 5.73 Å². The highest BCUT2D eigenvalue weighted by molar-refractivity contribution is 5.80. The van der Waals surface area contributed by atoms with Crippen molar-refractivity contribution in [3.63, 3.8) is 0 Å². The van der Waals surface area contributed by atoms with Crippen molar-refractivity contribution in [1.29, 1.82) is 0 Å². The van der Waals surface area contributed by atoms with Gasteiger partial charge in [-0.25, -0.2) is 0 Å². The van der Waals surface area contributed by atoms with Crippen molar-refractivity contribution in [2.24, 2.45) is 11.7 Å². The SMILES string of the molecule is Cc1ccc(N(CC(N)=O)CC(C)C)c(CO)c1. The summed E-state index contributed by atoms with van der Waals surface area (Å²) in [6.07, 6.45) is 0. The summed E-state index contributed by atoms with van der Waals surface area (Å²) in [7, 11) is 0. The molecule has 0 saturated carbocycles. The highest BCUT2D eigenvalue weighted by Crippen LogP contribution is 2.23. The number of hydrogen-bond donors (Lipinski definition) is 2. The molecule has 3 N–H and O–H groups in total. The lowest BCUT2D eigenvalue weighted by Gasteiger charge is -2.27. The largest absolute Gasteiger partial charge is 0.392 e. The number of anilines is 1. The lowest BCUT2D eigenvalue weighted by Crippen LogP contribution is -2.36. The number of carbonyl (C=O) groups is 1. The summed E-state index contributed by atoms with van der Waals surface area (Å²) in [6.45, 7) is 7.02. The van der Waals surface area contributed by atoms with Crippen molar-refractivity contribution in [2.45, 2.75) is 27.4 Å². The molecule has 1 amide bonds. The van der Waals surface area contributed by atoms with Crippen molar-refractivity contribution in [3.8, 4) is 0 Å². The third-order valence-corrected chi connectivity index (χ3v) is 2.68. The molecule has 0 aliphatic carbocycles. The van der Waals surface area contributed by atoms with Gasteiger partial charge in [0.15, 0.2) is 0 Å². The molecule has 0 heterocycles. The first kappa shape index (κ1) is 14.5. The Kier molecular flexibility index (Phi) is 5.16. The van der Waals surface area contributed by atoms with Gasteiger partial charge in [0, 0.05) is 17.8 Å². The predicted octanol–water partition coefficient (Wildman–Crippen LogP) is 1.44. The molecule has 1 aromatic rings. The zero-order chi connectivity index (χ0) is 13.7. The number of aliphatic hydroxyl groups excluding tert-OH is 1. The fourth-order valence-electron chi connectivity index (χ4n) is 2.03. The van der Waals surface area contributed by atoms with Gasteiger partial charge < -0.3 is 15.7 Å². The second kappa shape index (κ2) is 6.40. The maximum Gasteiger partial charge on any atom is 0.236 e. The van der Waals surface area contributed by atoms with Crippen LogP contribution in [0.1, 0.15) is 25.0 Å². The third-order valence-electron chi connectivity index (χ3n) is 2.68. The van der Waals surface area contributed by atoms with Crippen molar-refractivity contribution >= 4 is 11.6 Å². The van der Waals surface area contributed by atoms with Crippen LogP contribution in [0.3, 0.4) is 0 Å². The molecule has 18 heavy (non-hydrogen) atoms. The number of nitrogens with zero attached hydrogens (tertiary/aromatic N) is 1. The summed E-state index contributed by atoms with van der Waals surface area (Å²) >= 11 is 0. The summed E-state index contributed by atoms with van der Waals surface area (Å²) in [6, 6.07) is 5.85. The zero-order valence-electron chi connectivity index (χ0n) is 11.3. The van der Waals surface area contributed by atoms with Crippen molar-refractivity contribution in [2.75, 3.05) is 18.0 Å². The summed E-state index contributed by atoms with van der Waals surface area (Å²) in [5.41, 5.74) is 8.09. The quantitative estimate of drug-likeness (QED) is 0.802. The average molecular weight is 250 g/mol. The number of amides is 1. The molecular weight excluding hydrogens is 228 g/mol. The van der Waals surface area contributed by atoms with Gasteiger partial charge in [-0.3, -0.25) is 4.79 Å². The molecule has 1 rings (SSSR count). The van der Waals surface area contributed by atoms with Crippen LogP contribution >= 0.6 is 0 Å². The Hall–Kier alpha value is -1.55. The van der Waals surface area contributed by atoms with Crippen LogP contribution < -0.4 is 10.6 Å². The summed E-state index contributed by atoms with van der Waals surface area (Å²) in [4.78, 5) is 13.1. The van der Waals surface area contributed by atoms with Crippen molar-refractivity contribution < 1.29 is 9.90 Å². The van der Waals surface area contributed by atoms with Crippen molar-refractivity contribution in [1.82, 2.24) is 0 Å². The Morgan fingerprint density at radius 3 is 2.61 bits per heavy atom. The normalized spacial score (nSPS) is 10.7. The van der Waals surface area contributed by atoms with Crippen LogP contribution in [0, 0.1) is 12.8 Å². The molecule has 4 heteroatoms. The Morgan fingerprint density at radius 1 is 1.44 bits per heavy atom. The minimum atomic E-state index is -0.361. The third kappa shape index (κ3) is 4.04. The van der Waals surface area contributed by atoms with Crippen LogP contribution in [0.15, 0.2) is 18.2 Å². The standard InChI is InChI=1S/C14H22N2O2/c1-10(2)7-16(8-14(15)18)13-5-4-11(3)6-12(13)9-17/h4-6,10,17H,7-9H2,1-3H3,(H2,15,18).